The normalized spacial score (nSPS) is 17.3. The van der Waals surface area contributed by atoms with Crippen LogP contribution in [0.25, 0.3) is 0 Å². The molecular weight excluding hydrogens is 350 g/mol. The molecule has 1 aliphatic heterocycles. The minimum absolute atomic E-state index is 0.0453. The molecule has 5 nitrogen and oxygen atoms in total. The van der Waals surface area contributed by atoms with Crippen molar-refractivity contribution in [2.24, 2.45) is 0 Å². The zero-order valence-electron chi connectivity index (χ0n) is 17.8. The summed E-state index contributed by atoms with van der Waals surface area (Å²) in [6.45, 7) is 12.4. The average molecular weight is 384 g/mol. The molecule has 1 N–H and O–H groups in total. The molecule has 2 aromatic rings. The summed E-state index contributed by atoms with van der Waals surface area (Å²) in [6.07, 6.45) is 2.56. The molecule has 1 atom stereocenters. The van der Waals surface area contributed by atoms with Gasteiger partial charge in [0, 0.05) is 30.9 Å². The highest BCUT2D eigenvalue weighted by atomic mass is 16.5. The Balaban J connectivity index is 1.81. The third kappa shape index (κ3) is 4.30. The first kappa shape index (κ1) is 20.6. The summed E-state index contributed by atoms with van der Waals surface area (Å²) < 4.78 is 7.50. The maximum absolute atomic E-state index is 13.1. The van der Waals surface area contributed by atoms with Crippen molar-refractivity contribution in [2.45, 2.75) is 65.3 Å². The van der Waals surface area contributed by atoms with E-state index >= 15 is 0 Å². The fourth-order valence-corrected chi connectivity index (χ4v) is 4.42. The van der Waals surface area contributed by atoms with E-state index in [-0.39, 0.29) is 17.4 Å². The monoisotopic (exact) mass is 383 g/mol. The lowest BCUT2D eigenvalue weighted by atomic mass is 9.73. The van der Waals surface area contributed by atoms with Crippen LogP contribution in [0.4, 0.5) is 0 Å². The Morgan fingerprint density at radius 1 is 1.14 bits per heavy atom. The van der Waals surface area contributed by atoms with Crippen LogP contribution in [0.1, 0.15) is 60.3 Å². The van der Waals surface area contributed by atoms with E-state index in [0.29, 0.717) is 13.0 Å². The van der Waals surface area contributed by atoms with Gasteiger partial charge in [0.25, 0.3) is 0 Å². The van der Waals surface area contributed by atoms with Crippen LogP contribution >= 0.6 is 0 Å². The fraction of sp³-hybridized carbons (Fsp3) is 0.565. The Bertz CT molecular complexity index is 814. The van der Waals surface area contributed by atoms with Crippen molar-refractivity contribution in [3.8, 4) is 0 Å². The molecule has 3 rings (SSSR count). The summed E-state index contributed by atoms with van der Waals surface area (Å²) in [5.41, 5.74) is 5.74. The number of ether oxygens (including phenoxy) is 1. The number of hydrogen-bond donors (Lipinski definition) is 1. The smallest absolute Gasteiger partial charge is 0.244 e. The van der Waals surface area contributed by atoms with Crippen molar-refractivity contribution < 1.29 is 9.53 Å². The maximum atomic E-state index is 13.1. The van der Waals surface area contributed by atoms with Gasteiger partial charge in [-0.25, -0.2) is 0 Å². The van der Waals surface area contributed by atoms with Crippen LogP contribution in [0.15, 0.2) is 24.3 Å². The van der Waals surface area contributed by atoms with Crippen LogP contribution in [-0.4, -0.2) is 35.4 Å². The van der Waals surface area contributed by atoms with Crippen molar-refractivity contribution in [3.63, 3.8) is 0 Å². The van der Waals surface area contributed by atoms with Crippen LogP contribution in [-0.2, 0) is 14.9 Å². The zero-order chi connectivity index (χ0) is 20.3. The first-order valence-electron chi connectivity index (χ1n) is 10.3. The molecule has 1 fully saturated rings. The van der Waals surface area contributed by atoms with E-state index in [9.17, 15) is 4.79 Å². The number of benzene rings is 1. The largest absolute Gasteiger partial charge is 0.381 e. The third-order valence-electron chi connectivity index (χ3n) is 5.91. The van der Waals surface area contributed by atoms with Gasteiger partial charge in [0.2, 0.25) is 5.91 Å². The highest BCUT2D eigenvalue weighted by molar-refractivity contribution is 5.80. The maximum Gasteiger partial charge on any atom is 0.244 e. The van der Waals surface area contributed by atoms with Gasteiger partial charge in [0.15, 0.2) is 0 Å². The van der Waals surface area contributed by atoms with Crippen molar-refractivity contribution in [3.05, 3.63) is 52.3 Å². The number of carbonyl (C=O) groups excluding carboxylic acids is 1. The zero-order valence-corrected chi connectivity index (χ0v) is 17.8. The number of rotatable bonds is 6. The molecule has 0 bridgehead atoms. The Morgan fingerprint density at radius 3 is 2.32 bits per heavy atom. The van der Waals surface area contributed by atoms with Crippen molar-refractivity contribution >= 4 is 5.91 Å². The third-order valence-corrected chi connectivity index (χ3v) is 5.91. The Kier molecular flexibility index (Phi) is 6.23. The number of aryl methyl sites for hydroxylation is 4. The first-order valence-corrected chi connectivity index (χ1v) is 10.3. The minimum atomic E-state index is -0.273. The fourth-order valence-electron chi connectivity index (χ4n) is 4.42. The van der Waals surface area contributed by atoms with Gasteiger partial charge in [-0.3, -0.25) is 9.48 Å². The minimum Gasteiger partial charge on any atom is -0.381 e. The summed E-state index contributed by atoms with van der Waals surface area (Å²) in [5, 5.41) is 7.79. The number of nitrogens with one attached hydrogen (secondary N) is 1. The van der Waals surface area contributed by atoms with E-state index in [0.717, 1.165) is 37.4 Å². The average Bonchev–Trinajstić information content (AvgIpc) is 2.98. The van der Waals surface area contributed by atoms with Crippen LogP contribution in [0, 0.1) is 27.7 Å². The Hall–Kier alpha value is -2.14. The molecule has 0 radical (unpaired) electrons. The Labute approximate surface area is 168 Å². The molecule has 1 unspecified atom stereocenters. The Morgan fingerprint density at radius 2 is 1.79 bits per heavy atom. The van der Waals surface area contributed by atoms with Gasteiger partial charge < -0.3 is 10.1 Å². The predicted molar refractivity (Wildman–Crippen MR) is 112 cm³/mol. The van der Waals surface area contributed by atoms with Crippen LogP contribution in [0.5, 0.6) is 0 Å². The second kappa shape index (κ2) is 8.48. The predicted octanol–water partition coefficient (Wildman–Crippen LogP) is 3.93. The lowest BCUT2D eigenvalue weighted by Gasteiger charge is -2.38. The molecule has 0 aliphatic carbocycles. The highest BCUT2D eigenvalue weighted by Crippen LogP contribution is 2.35. The molecule has 2 heterocycles. The summed E-state index contributed by atoms with van der Waals surface area (Å²) in [5.74, 6) is 0.0453. The van der Waals surface area contributed by atoms with Gasteiger partial charge in [-0.2, -0.15) is 5.10 Å². The lowest BCUT2D eigenvalue weighted by molar-refractivity contribution is -0.125. The summed E-state index contributed by atoms with van der Waals surface area (Å²) in [4.78, 5) is 13.1. The van der Waals surface area contributed by atoms with Crippen LogP contribution < -0.4 is 5.32 Å². The second-order valence-corrected chi connectivity index (χ2v) is 8.28. The molecular formula is C23H33N3O2. The second-order valence-electron chi connectivity index (χ2n) is 8.28. The summed E-state index contributed by atoms with van der Waals surface area (Å²) >= 11 is 0. The van der Waals surface area contributed by atoms with Crippen molar-refractivity contribution in [2.75, 3.05) is 19.8 Å². The molecule has 1 saturated heterocycles. The SMILES string of the molecule is CCC(C(=O)NCC1(c2cc(C)cc(C)c2)CCOCC1)n1nc(C)cc1C. The molecule has 5 heteroatoms. The number of hydrogen-bond acceptors (Lipinski definition) is 3. The van der Waals surface area contributed by atoms with Crippen LogP contribution in [0.3, 0.4) is 0 Å². The van der Waals surface area contributed by atoms with Gasteiger partial charge in [0.05, 0.1) is 5.69 Å². The van der Waals surface area contributed by atoms with Crippen LogP contribution in [0.2, 0.25) is 0 Å². The van der Waals surface area contributed by atoms with E-state index in [1.807, 2.05) is 31.5 Å². The van der Waals surface area contributed by atoms with Gasteiger partial charge >= 0.3 is 0 Å². The standard InChI is InChI=1S/C23H33N3O2/c1-6-21(26-19(5)14-18(4)25-26)22(27)24-15-23(7-9-28-10-8-23)20-12-16(2)11-17(3)13-20/h11-14,21H,6-10,15H2,1-5H3,(H,24,27). The highest BCUT2D eigenvalue weighted by Gasteiger charge is 2.36. The molecule has 0 spiro atoms. The van der Waals surface area contributed by atoms with Crippen molar-refractivity contribution in [1.82, 2.24) is 15.1 Å². The van der Waals surface area contributed by atoms with E-state index in [2.05, 4.69) is 42.5 Å². The van der Waals surface area contributed by atoms with E-state index in [4.69, 9.17) is 4.74 Å². The molecule has 1 aliphatic rings. The van der Waals surface area contributed by atoms with Gasteiger partial charge in [-0.15, -0.1) is 0 Å². The number of aromatic nitrogens is 2. The molecule has 1 aromatic heterocycles. The number of nitrogens with zero attached hydrogens (tertiary/aromatic N) is 2. The molecule has 152 valence electrons. The van der Waals surface area contributed by atoms with Gasteiger partial charge in [-0.05, 0) is 58.6 Å². The van der Waals surface area contributed by atoms with Crippen molar-refractivity contribution in [1.29, 1.82) is 0 Å². The molecule has 1 amide bonds. The van der Waals surface area contributed by atoms with Gasteiger partial charge in [0.1, 0.15) is 6.04 Å². The quantitative estimate of drug-likeness (QED) is 0.822. The first-order chi connectivity index (χ1) is 13.3. The number of carbonyl (C=O) groups is 1. The summed E-state index contributed by atoms with van der Waals surface area (Å²) in [6, 6.07) is 8.48. The van der Waals surface area contributed by atoms with Gasteiger partial charge in [-0.1, -0.05) is 36.2 Å². The lowest BCUT2D eigenvalue weighted by Crippen LogP contribution is -2.46. The van der Waals surface area contributed by atoms with E-state index < -0.39 is 0 Å². The summed E-state index contributed by atoms with van der Waals surface area (Å²) in [7, 11) is 0. The van der Waals surface area contributed by atoms with E-state index in [1.165, 1.54) is 16.7 Å². The molecule has 1 aromatic carbocycles. The van der Waals surface area contributed by atoms with E-state index in [1.54, 1.807) is 0 Å². The molecule has 0 saturated carbocycles. The topological polar surface area (TPSA) is 56.1 Å². The molecule has 28 heavy (non-hydrogen) atoms. The number of amides is 1.